The highest BCUT2D eigenvalue weighted by atomic mass is 79.9. The van der Waals surface area contributed by atoms with E-state index in [0.717, 1.165) is 0 Å². The van der Waals surface area contributed by atoms with Crippen LogP contribution >= 0.6 is 28.1 Å². The quantitative estimate of drug-likeness (QED) is 0.824. The average Bonchev–Trinajstić information content (AvgIpc) is 2.36. The van der Waals surface area contributed by atoms with Crippen LogP contribution in [0, 0.1) is 11.6 Å². The fourth-order valence-electron chi connectivity index (χ4n) is 1.51. The van der Waals surface area contributed by atoms with Gasteiger partial charge in [-0.3, -0.25) is 0 Å². The minimum Gasteiger partial charge on any atom is -0.389 e. The molecule has 0 unspecified atom stereocenters. The Bertz CT molecular complexity index is 647. The fraction of sp³-hybridized carbons (Fsp3) is 0. The molecular formula is C13H9BrF2N2S. The summed E-state index contributed by atoms with van der Waals surface area (Å²) in [6, 6.07) is 8.45. The standard InChI is InChI=1S/C13H9BrF2N2S/c14-9-3-2-8(15)6-12(9)18-11-4-1-7(13(17)19)5-10(11)16/h1-6,18H,(H2,17,19). The second kappa shape index (κ2) is 5.63. The molecule has 0 atom stereocenters. The van der Waals surface area contributed by atoms with Gasteiger partial charge in [0.15, 0.2) is 0 Å². The van der Waals surface area contributed by atoms with Crippen LogP contribution in [0.4, 0.5) is 20.2 Å². The maximum atomic E-state index is 13.8. The summed E-state index contributed by atoms with van der Waals surface area (Å²) in [5, 5.41) is 2.80. The van der Waals surface area contributed by atoms with Gasteiger partial charge in [-0.25, -0.2) is 8.78 Å². The van der Waals surface area contributed by atoms with Crippen molar-refractivity contribution in [2.75, 3.05) is 5.32 Å². The third-order valence-electron chi connectivity index (χ3n) is 2.45. The van der Waals surface area contributed by atoms with Crippen LogP contribution in [0.15, 0.2) is 40.9 Å². The first-order valence-corrected chi connectivity index (χ1v) is 6.49. The lowest BCUT2D eigenvalue weighted by Gasteiger charge is -2.10. The minimum atomic E-state index is -0.513. The second-order valence-electron chi connectivity index (χ2n) is 3.81. The van der Waals surface area contributed by atoms with Crippen molar-refractivity contribution in [3.05, 3.63) is 58.1 Å². The highest BCUT2D eigenvalue weighted by Crippen LogP contribution is 2.28. The van der Waals surface area contributed by atoms with Crippen LogP contribution < -0.4 is 11.1 Å². The van der Waals surface area contributed by atoms with Gasteiger partial charge in [0.05, 0.1) is 11.4 Å². The van der Waals surface area contributed by atoms with Crippen LogP contribution in [0.1, 0.15) is 5.56 Å². The van der Waals surface area contributed by atoms with E-state index in [1.807, 2.05) is 0 Å². The Morgan fingerprint density at radius 1 is 1.11 bits per heavy atom. The van der Waals surface area contributed by atoms with Gasteiger partial charge in [0.1, 0.15) is 16.6 Å². The maximum absolute atomic E-state index is 13.8. The minimum absolute atomic E-state index is 0.123. The molecule has 0 bridgehead atoms. The van der Waals surface area contributed by atoms with Gasteiger partial charge in [-0.15, -0.1) is 0 Å². The molecule has 0 aliphatic rings. The highest BCUT2D eigenvalue weighted by Gasteiger charge is 2.08. The van der Waals surface area contributed by atoms with Gasteiger partial charge in [0, 0.05) is 10.0 Å². The number of hydrogen-bond donors (Lipinski definition) is 2. The summed E-state index contributed by atoms with van der Waals surface area (Å²) >= 11 is 8.02. The van der Waals surface area contributed by atoms with Crippen molar-refractivity contribution in [1.29, 1.82) is 0 Å². The van der Waals surface area contributed by atoms with Crippen LogP contribution in [0.5, 0.6) is 0 Å². The molecule has 0 radical (unpaired) electrons. The predicted molar refractivity (Wildman–Crippen MR) is 79.7 cm³/mol. The van der Waals surface area contributed by atoms with E-state index in [-0.39, 0.29) is 10.7 Å². The van der Waals surface area contributed by atoms with Crippen molar-refractivity contribution in [1.82, 2.24) is 0 Å². The van der Waals surface area contributed by atoms with Crippen molar-refractivity contribution in [3.8, 4) is 0 Å². The number of thiocarbonyl (C=S) groups is 1. The predicted octanol–water partition coefficient (Wildman–Crippen LogP) is 4.11. The molecule has 6 heteroatoms. The Kier molecular flexibility index (Phi) is 4.11. The molecule has 0 aromatic heterocycles. The van der Waals surface area contributed by atoms with Crippen LogP contribution in [-0.2, 0) is 0 Å². The van der Waals surface area contributed by atoms with Gasteiger partial charge >= 0.3 is 0 Å². The Labute approximate surface area is 122 Å². The topological polar surface area (TPSA) is 38.0 Å². The van der Waals surface area contributed by atoms with Gasteiger partial charge in [-0.05, 0) is 52.3 Å². The Morgan fingerprint density at radius 3 is 2.47 bits per heavy atom. The number of rotatable bonds is 3. The summed E-state index contributed by atoms with van der Waals surface area (Å²) in [6.07, 6.45) is 0. The summed E-state index contributed by atoms with van der Waals surface area (Å²) in [5.74, 6) is -0.924. The molecule has 0 aliphatic heterocycles. The average molecular weight is 343 g/mol. The Morgan fingerprint density at radius 2 is 1.84 bits per heavy atom. The number of hydrogen-bond acceptors (Lipinski definition) is 2. The van der Waals surface area contributed by atoms with Crippen LogP contribution in [0.2, 0.25) is 0 Å². The van der Waals surface area contributed by atoms with E-state index in [1.165, 1.54) is 24.3 Å². The molecule has 0 aliphatic carbocycles. The summed E-state index contributed by atoms with van der Waals surface area (Å²) in [4.78, 5) is 0.123. The van der Waals surface area contributed by atoms with Gasteiger partial charge in [-0.2, -0.15) is 0 Å². The normalized spacial score (nSPS) is 10.3. The van der Waals surface area contributed by atoms with Gasteiger partial charge < -0.3 is 11.1 Å². The lowest BCUT2D eigenvalue weighted by atomic mass is 10.2. The molecule has 98 valence electrons. The maximum Gasteiger partial charge on any atom is 0.147 e. The fourth-order valence-corrected chi connectivity index (χ4v) is 1.98. The number of halogens is 3. The molecule has 3 N–H and O–H groups in total. The second-order valence-corrected chi connectivity index (χ2v) is 5.10. The zero-order valence-electron chi connectivity index (χ0n) is 9.58. The first-order valence-electron chi connectivity index (χ1n) is 5.29. The Hall–Kier alpha value is -1.53. The molecule has 2 aromatic carbocycles. The van der Waals surface area contributed by atoms with Gasteiger partial charge in [0.25, 0.3) is 0 Å². The zero-order valence-corrected chi connectivity index (χ0v) is 12.0. The monoisotopic (exact) mass is 342 g/mol. The molecular weight excluding hydrogens is 334 g/mol. The van der Waals surface area contributed by atoms with E-state index < -0.39 is 11.6 Å². The van der Waals surface area contributed by atoms with Crippen LogP contribution in [0.3, 0.4) is 0 Å². The SMILES string of the molecule is NC(=S)c1ccc(Nc2cc(F)ccc2Br)c(F)c1. The molecule has 0 amide bonds. The van der Waals surface area contributed by atoms with E-state index in [0.29, 0.717) is 15.7 Å². The molecule has 0 saturated carbocycles. The molecule has 0 heterocycles. The molecule has 0 saturated heterocycles. The van der Waals surface area contributed by atoms with E-state index in [2.05, 4.69) is 21.2 Å². The summed E-state index contributed by atoms with van der Waals surface area (Å²) < 4.78 is 27.6. The van der Waals surface area contributed by atoms with E-state index in [9.17, 15) is 8.78 Å². The number of anilines is 2. The molecule has 2 rings (SSSR count). The third-order valence-corrected chi connectivity index (χ3v) is 3.38. The van der Waals surface area contributed by atoms with Gasteiger partial charge in [0.2, 0.25) is 0 Å². The Balaban J connectivity index is 2.33. The van der Waals surface area contributed by atoms with E-state index >= 15 is 0 Å². The smallest absolute Gasteiger partial charge is 0.147 e. The first-order chi connectivity index (χ1) is 8.97. The van der Waals surface area contributed by atoms with Crippen molar-refractivity contribution >= 4 is 44.5 Å². The lowest BCUT2D eigenvalue weighted by molar-refractivity contribution is 0.626. The number of benzene rings is 2. The van der Waals surface area contributed by atoms with Crippen LogP contribution in [-0.4, -0.2) is 4.99 Å². The van der Waals surface area contributed by atoms with Crippen LogP contribution in [0.25, 0.3) is 0 Å². The van der Waals surface area contributed by atoms with Crippen molar-refractivity contribution in [2.45, 2.75) is 0 Å². The van der Waals surface area contributed by atoms with Gasteiger partial charge in [-0.1, -0.05) is 12.2 Å². The van der Waals surface area contributed by atoms with Crippen molar-refractivity contribution in [2.24, 2.45) is 5.73 Å². The third kappa shape index (κ3) is 3.27. The summed E-state index contributed by atoms with van der Waals surface area (Å²) in [7, 11) is 0. The largest absolute Gasteiger partial charge is 0.389 e. The molecule has 2 aromatic rings. The first kappa shape index (κ1) is 13.9. The van der Waals surface area contributed by atoms with E-state index in [1.54, 1.807) is 12.1 Å². The number of nitrogens with one attached hydrogen (secondary N) is 1. The zero-order chi connectivity index (χ0) is 14.0. The van der Waals surface area contributed by atoms with E-state index in [4.69, 9.17) is 18.0 Å². The summed E-state index contributed by atoms with van der Waals surface area (Å²) in [5.41, 5.74) is 6.50. The number of nitrogens with two attached hydrogens (primary N) is 1. The molecule has 19 heavy (non-hydrogen) atoms. The molecule has 0 spiro atoms. The highest BCUT2D eigenvalue weighted by molar-refractivity contribution is 9.10. The van der Waals surface area contributed by atoms with Crippen molar-refractivity contribution in [3.63, 3.8) is 0 Å². The molecule has 0 fully saturated rings. The lowest BCUT2D eigenvalue weighted by Crippen LogP contribution is -2.09. The molecule has 2 nitrogen and oxygen atoms in total. The summed E-state index contributed by atoms with van der Waals surface area (Å²) in [6.45, 7) is 0. The van der Waals surface area contributed by atoms with Crippen molar-refractivity contribution < 1.29 is 8.78 Å².